The lowest BCUT2D eigenvalue weighted by Gasteiger charge is -2.30. The highest BCUT2D eigenvalue weighted by atomic mass is 35.5. The molecule has 1 aliphatic carbocycles. The zero-order valence-electron chi connectivity index (χ0n) is 17.7. The van der Waals surface area contributed by atoms with E-state index in [-0.39, 0.29) is 23.6 Å². The molecule has 2 aromatic carbocycles. The van der Waals surface area contributed by atoms with Gasteiger partial charge in [-0.05, 0) is 49.1 Å². The van der Waals surface area contributed by atoms with Crippen LogP contribution in [0.25, 0.3) is 0 Å². The highest BCUT2D eigenvalue weighted by molar-refractivity contribution is 7.99. The van der Waals surface area contributed by atoms with Crippen LogP contribution in [0.5, 0.6) is 0 Å². The summed E-state index contributed by atoms with van der Waals surface area (Å²) in [5, 5.41) is 4.40. The number of hydrogen-bond acceptors (Lipinski definition) is 3. The second-order valence-electron chi connectivity index (χ2n) is 7.90. The molecule has 1 N–H and O–H groups in total. The number of nitrogens with zero attached hydrogens (tertiary/aromatic N) is 1. The van der Waals surface area contributed by atoms with E-state index in [0.717, 1.165) is 36.8 Å². The summed E-state index contributed by atoms with van der Waals surface area (Å²) in [6, 6.07) is 14.7. The summed E-state index contributed by atoms with van der Waals surface area (Å²) in [6.07, 6.45) is 4.30. The van der Waals surface area contributed by atoms with Crippen molar-refractivity contribution >= 4 is 46.8 Å². The number of carbonyl (C=O) groups is 2. The van der Waals surface area contributed by atoms with Crippen molar-refractivity contribution in [1.29, 1.82) is 0 Å². The monoisotopic (exact) mass is 478 g/mol. The molecule has 1 saturated carbocycles. The Morgan fingerprint density at radius 2 is 1.77 bits per heavy atom. The lowest BCUT2D eigenvalue weighted by atomic mass is 10.1. The van der Waals surface area contributed by atoms with Crippen molar-refractivity contribution in [3.63, 3.8) is 0 Å². The van der Waals surface area contributed by atoms with Crippen LogP contribution in [0.1, 0.15) is 43.7 Å². The highest BCUT2D eigenvalue weighted by Crippen LogP contribution is 2.22. The van der Waals surface area contributed by atoms with Crippen molar-refractivity contribution in [2.45, 2.75) is 57.0 Å². The van der Waals surface area contributed by atoms with Gasteiger partial charge in [-0.3, -0.25) is 9.59 Å². The van der Waals surface area contributed by atoms with Crippen molar-refractivity contribution in [3.05, 3.63) is 69.7 Å². The quantitative estimate of drug-likeness (QED) is 0.502. The largest absolute Gasteiger partial charge is 0.352 e. The molecule has 0 heterocycles. The van der Waals surface area contributed by atoms with Gasteiger partial charge in [-0.25, -0.2) is 0 Å². The molecule has 0 aromatic heterocycles. The zero-order chi connectivity index (χ0) is 22.2. The van der Waals surface area contributed by atoms with Gasteiger partial charge >= 0.3 is 0 Å². The molecular weight excluding hydrogens is 451 g/mol. The Hall–Kier alpha value is -1.69. The van der Waals surface area contributed by atoms with Crippen molar-refractivity contribution in [2.24, 2.45) is 0 Å². The number of amides is 2. The van der Waals surface area contributed by atoms with Crippen molar-refractivity contribution in [3.8, 4) is 0 Å². The summed E-state index contributed by atoms with van der Waals surface area (Å²) < 4.78 is 0. The first-order valence-electron chi connectivity index (χ1n) is 10.6. The van der Waals surface area contributed by atoms with E-state index in [1.165, 1.54) is 11.8 Å². The predicted octanol–water partition coefficient (Wildman–Crippen LogP) is 5.70. The van der Waals surface area contributed by atoms with Crippen molar-refractivity contribution in [1.82, 2.24) is 10.2 Å². The fraction of sp³-hybridized carbons (Fsp3) is 0.417. The number of halogens is 2. The van der Waals surface area contributed by atoms with E-state index in [1.807, 2.05) is 42.5 Å². The van der Waals surface area contributed by atoms with E-state index in [1.54, 1.807) is 17.9 Å². The molecule has 0 unspecified atom stereocenters. The molecule has 0 bridgehead atoms. The molecule has 7 heteroatoms. The van der Waals surface area contributed by atoms with Crippen LogP contribution in [0.4, 0.5) is 0 Å². The van der Waals surface area contributed by atoms with E-state index >= 15 is 0 Å². The zero-order valence-corrected chi connectivity index (χ0v) is 20.0. The minimum atomic E-state index is -0.569. The smallest absolute Gasteiger partial charge is 0.242 e. The molecule has 2 aromatic rings. The maximum atomic E-state index is 13.1. The third-order valence-electron chi connectivity index (χ3n) is 5.57. The first kappa shape index (κ1) is 24.0. The number of nitrogens with one attached hydrogen (secondary N) is 1. The third kappa shape index (κ3) is 7.16. The second kappa shape index (κ2) is 11.8. The summed E-state index contributed by atoms with van der Waals surface area (Å²) in [4.78, 5) is 27.7. The average molecular weight is 479 g/mol. The van der Waals surface area contributed by atoms with Crippen LogP contribution in [0.2, 0.25) is 10.0 Å². The number of carbonyl (C=O) groups excluding carboxylic acids is 2. The van der Waals surface area contributed by atoms with E-state index in [0.29, 0.717) is 22.3 Å². The Morgan fingerprint density at radius 1 is 1.10 bits per heavy atom. The minimum Gasteiger partial charge on any atom is -0.352 e. The van der Waals surface area contributed by atoms with Gasteiger partial charge in [0.1, 0.15) is 6.04 Å². The molecule has 0 aliphatic heterocycles. The van der Waals surface area contributed by atoms with Gasteiger partial charge < -0.3 is 10.2 Å². The van der Waals surface area contributed by atoms with Crippen molar-refractivity contribution < 1.29 is 9.59 Å². The Balaban J connectivity index is 1.66. The molecule has 31 heavy (non-hydrogen) atoms. The van der Waals surface area contributed by atoms with Gasteiger partial charge in [-0.15, -0.1) is 11.8 Å². The lowest BCUT2D eigenvalue weighted by Crippen LogP contribution is -2.50. The fourth-order valence-corrected chi connectivity index (χ4v) is 4.90. The van der Waals surface area contributed by atoms with Crippen molar-refractivity contribution in [2.75, 3.05) is 5.75 Å². The van der Waals surface area contributed by atoms with Gasteiger partial charge in [0.2, 0.25) is 11.8 Å². The Kier molecular flexibility index (Phi) is 9.12. The number of thioether (sulfide) groups is 1. The van der Waals surface area contributed by atoms with Crippen LogP contribution < -0.4 is 5.32 Å². The molecule has 166 valence electrons. The van der Waals surface area contributed by atoms with E-state index in [9.17, 15) is 9.59 Å². The number of benzene rings is 2. The Bertz CT molecular complexity index is 885. The van der Waals surface area contributed by atoms with Crippen LogP contribution >= 0.6 is 35.0 Å². The Labute approximate surface area is 198 Å². The molecule has 3 rings (SSSR count). The van der Waals surface area contributed by atoms with Gasteiger partial charge in [-0.2, -0.15) is 0 Å². The molecule has 4 nitrogen and oxygen atoms in total. The maximum absolute atomic E-state index is 13.1. The molecule has 0 spiro atoms. The highest BCUT2D eigenvalue weighted by Gasteiger charge is 2.28. The van der Waals surface area contributed by atoms with Gasteiger partial charge in [0.25, 0.3) is 0 Å². The van der Waals surface area contributed by atoms with Crippen LogP contribution in [0.15, 0.2) is 48.5 Å². The van der Waals surface area contributed by atoms with Crippen LogP contribution in [-0.4, -0.2) is 34.6 Å². The van der Waals surface area contributed by atoms with Gasteiger partial charge in [0.15, 0.2) is 0 Å². The Morgan fingerprint density at radius 3 is 2.45 bits per heavy atom. The standard InChI is InChI=1S/C24H28Cl2N2O2S/c1-17(24(30)27-21-7-3-4-8-21)28(14-19-6-2-5-9-22(19)26)23(29)16-31-15-18-10-12-20(25)13-11-18/h2,5-6,9-13,17,21H,3-4,7-8,14-16H2,1H3,(H,27,30)/t17-/m1/s1. The topological polar surface area (TPSA) is 49.4 Å². The number of hydrogen-bond donors (Lipinski definition) is 1. The summed E-state index contributed by atoms with van der Waals surface area (Å²) in [6.45, 7) is 2.10. The van der Waals surface area contributed by atoms with Crippen LogP contribution in [0.3, 0.4) is 0 Å². The maximum Gasteiger partial charge on any atom is 0.242 e. The van der Waals surface area contributed by atoms with E-state index in [2.05, 4.69) is 5.32 Å². The summed E-state index contributed by atoms with van der Waals surface area (Å²) in [5.74, 6) is 0.808. The summed E-state index contributed by atoms with van der Waals surface area (Å²) in [5.41, 5.74) is 1.94. The SMILES string of the molecule is C[C@H](C(=O)NC1CCCC1)N(Cc1ccccc1Cl)C(=O)CSCc1ccc(Cl)cc1. The molecule has 1 aliphatic rings. The minimum absolute atomic E-state index is 0.0760. The second-order valence-corrected chi connectivity index (χ2v) is 9.73. The first-order chi connectivity index (χ1) is 14.9. The van der Waals surface area contributed by atoms with E-state index in [4.69, 9.17) is 23.2 Å². The molecule has 1 fully saturated rings. The molecule has 0 saturated heterocycles. The molecule has 0 radical (unpaired) electrons. The third-order valence-corrected chi connectivity index (χ3v) is 7.18. The summed E-state index contributed by atoms with van der Waals surface area (Å²) >= 11 is 13.8. The van der Waals surface area contributed by atoms with E-state index < -0.39 is 6.04 Å². The molecule has 1 atom stereocenters. The molecular formula is C24H28Cl2N2O2S. The normalized spacial score (nSPS) is 14.9. The van der Waals surface area contributed by atoms with Crippen LogP contribution in [0, 0.1) is 0 Å². The predicted molar refractivity (Wildman–Crippen MR) is 129 cm³/mol. The first-order valence-corrected chi connectivity index (χ1v) is 12.5. The molecule has 2 amide bonds. The average Bonchev–Trinajstić information content (AvgIpc) is 3.27. The van der Waals surface area contributed by atoms with Gasteiger partial charge in [0, 0.05) is 28.4 Å². The lowest BCUT2D eigenvalue weighted by molar-refractivity contribution is -0.138. The fourth-order valence-electron chi connectivity index (χ4n) is 3.70. The summed E-state index contributed by atoms with van der Waals surface area (Å²) in [7, 11) is 0. The van der Waals surface area contributed by atoms with Gasteiger partial charge in [-0.1, -0.05) is 66.4 Å². The number of rotatable bonds is 9. The van der Waals surface area contributed by atoms with Crippen LogP contribution in [-0.2, 0) is 21.9 Å². The van der Waals surface area contributed by atoms with Gasteiger partial charge in [0.05, 0.1) is 5.75 Å².